The SMILES string of the molecule is CCc1nncn1CCNC(=NCCCN1CCCC1=O)NC1CCCCC1C. The predicted molar refractivity (Wildman–Crippen MR) is 115 cm³/mol. The molecule has 2 heterocycles. The molecule has 1 aromatic heterocycles. The smallest absolute Gasteiger partial charge is 0.222 e. The van der Waals surface area contributed by atoms with Crippen LogP contribution in [0.5, 0.6) is 0 Å². The first kappa shape index (κ1) is 21.6. The fourth-order valence-corrected chi connectivity index (χ4v) is 4.29. The molecule has 162 valence electrons. The molecule has 2 fully saturated rings. The van der Waals surface area contributed by atoms with E-state index in [1.54, 1.807) is 6.33 Å². The van der Waals surface area contributed by atoms with Crippen LogP contribution < -0.4 is 10.6 Å². The van der Waals surface area contributed by atoms with E-state index in [1.165, 1.54) is 25.7 Å². The van der Waals surface area contributed by atoms with Crippen molar-refractivity contribution in [1.82, 2.24) is 30.3 Å². The van der Waals surface area contributed by atoms with Gasteiger partial charge in [-0.15, -0.1) is 10.2 Å². The van der Waals surface area contributed by atoms with Crippen LogP contribution in [-0.4, -0.2) is 63.8 Å². The molecule has 8 heteroatoms. The fourth-order valence-electron chi connectivity index (χ4n) is 4.29. The summed E-state index contributed by atoms with van der Waals surface area (Å²) in [5.74, 6) is 2.86. The normalized spacial score (nSPS) is 22.9. The van der Waals surface area contributed by atoms with Gasteiger partial charge in [-0.25, -0.2) is 0 Å². The molecular formula is C21H37N7O. The summed E-state index contributed by atoms with van der Waals surface area (Å²) in [7, 11) is 0. The van der Waals surface area contributed by atoms with Crippen molar-refractivity contribution in [2.75, 3.05) is 26.2 Å². The van der Waals surface area contributed by atoms with Crippen molar-refractivity contribution >= 4 is 11.9 Å². The zero-order valence-electron chi connectivity index (χ0n) is 18.1. The minimum Gasteiger partial charge on any atom is -0.355 e. The van der Waals surface area contributed by atoms with E-state index in [4.69, 9.17) is 4.99 Å². The van der Waals surface area contributed by atoms with Gasteiger partial charge in [-0.2, -0.15) is 0 Å². The van der Waals surface area contributed by atoms with Gasteiger partial charge in [0.1, 0.15) is 12.2 Å². The number of nitrogens with one attached hydrogen (secondary N) is 2. The zero-order valence-corrected chi connectivity index (χ0v) is 18.1. The molecule has 29 heavy (non-hydrogen) atoms. The molecule has 0 aromatic carbocycles. The van der Waals surface area contributed by atoms with E-state index in [9.17, 15) is 4.79 Å². The highest BCUT2D eigenvalue weighted by atomic mass is 16.2. The Morgan fingerprint density at radius 2 is 2.14 bits per heavy atom. The molecule has 1 amide bonds. The van der Waals surface area contributed by atoms with Gasteiger partial charge in [-0.3, -0.25) is 9.79 Å². The minimum absolute atomic E-state index is 0.294. The highest BCUT2D eigenvalue weighted by Crippen LogP contribution is 2.23. The summed E-state index contributed by atoms with van der Waals surface area (Å²) in [5, 5.41) is 15.3. The number of carbonyl (C=O) groups excluding carboxylic acids is 1. The highest BCUT2D eigenvalue weighted by molar-refractivity contribution is 5.80. The number of aryl methyl sites for hydroxylation is 1. The summed E-state index contributed by atoms with van der Waals surface area (Å²) in [6.45, 7) is 8.48. The molecule has 0 spiro atoms. The van der Waals surface area contributed by atoms with Gasteiger partial charge in [0.15, 0.2) is 5.96 Å². The van der Waals surface area contributed by atoms with Crippen LogP contribution in [0.4, 0.5) is 0 Å². The Bertz CT molecular complexity index is 672. The van der Waals surface area contributed by atoms with Gasteiger partial charge < -0.3 is 20.1 Å². The van der Waals surface area contributed by atoms with Crippen LogP contribution in [0.15, 0.2) is 11.3 Å². The summed E-state index contributed by atoms with van der Waals surface area (Å²) in [4.78, 5) is 18.5. The molecule has 1 saturated carbocycles. The van der Waals surface area contributed by atoms with E-state index in [0.717, 1.165) is 63.8 Å². The van der Waals surface area contributed by atoms with Crippen LogP contribution >= 0.6 is 0 Å². The van der Waals surface area contributed by atoms with E-state index in [1.807, 2.05) is 4.90 Å². The number of guanidine groups is 1. The third-order valence-electron chi connectivity index (χ3n) is 6.12. The maximum absolute atomic E-state index is 11.8. The van der Waals surface area contributed by atoms with Gasteiger partial charge in [0.25, 0.3) is 0 Å². The van der Waals surface area contributed by atoms with Crippen molar-refractivity contribution < 1.29 is 4.79 Å². The molecule has 1 aliphatic carbocycles. The summed E-state index contributed by atoms with van der Waals surface area (Å²) in [5.41, 5.74) is 0. The molecule has 1 aromatic rings. The van der Waals surface area contributed by atoms with E-state index in [0.29, 0.717) is 24.3 Å². The second-order valence-corrected chi connectivity index (χ2v) is 8.30. The number of carbonyl (C=O) groups is 1. The molecule has 8 nitrogen and oxygen atoms in total. The van der Waals surface area contributed by atoms with E-state index in [-0.39, 0.29) is 0 Å². The van der Waals surface area contributed by atoms with Crippen LogP contribution in [0.25, 0.3) is 0 Å². The topological polar surface area (TPSA) is 87.4 Å². The van der Waals surface area contributed by atoms with Crippen LogP contribution in [0.1, 0.15) is 64.6 Å². The van der Waals surface area contributed by atoms with E-state index in [2.05, 4.69) is 39.2 Å². The summed E-state index contributed by atoms with van der Waals surface area (Å²) >= 11 is 0. The number of hydrogen-bond acceptors (Lipinski definition) is 4. The van der Waals surface area contributed by atoms with Gasteiger partial charge in [-0.05, 0) is 31.6 Å². The lowest BCUT2D eigenvalue weighted by Gasteiger charge is -2.31. The first-order valence-corrected chi connectivity index (χ1v) is 11.4. The van der Waals surface area contributed by atoms with Gasteiger partial charge in [0, 0.05) is 51.6 Å². The lowest BCUT2D eigenvalue weighted by molar-refractivity contribution is -0.127. The van der Waals surface area contributed by atoms with Gasteiger partial charge in [0.05, 0.1) is 0 Å². The van der Waals surface area contributed by atoms with E-state index < -0.39 is 0 Å². The summed E-state index contributed by atoms with van der Waals surface area (Å²) in [6, 6.07) is 0.483. The Morgan fingerprint density at radius 1 is 1.28 bits per heavy atom. The predicted octanol–water partition coefficient (Wildman–Crippen LogP) is 1.97. The molecule has 1 saturated heterocycles. The maximum atomic E-state index is 11.8. The molecule has 2 aliphatic rings. The first-order chi connectivity index (χ1) is 14.2. The summed E-state index contributed by atoms with van der Waals surface area (Å²) < 4.78 is 2.09. The van der Waals surface area contributed by atoms with Crippen molar-refractivity contribution in [3.8, 4) is 0 Å². The van der Waals surface area contributed by atoms with Gasteiger partial charge >= 0.3 is 0 Å². The Kier molecular flexibility index (Phi) is 8.31. The molecule has 2 N–H and O–H groups in total. The van der Waals surface area contributed by atoms with Crippen LogP contribution in [0.2, 0.25) is 0 Å². The second kappa shape index (κ2) is 11.2. The van der Waals surface area contributed by atoms with Crippen molar-refractivity contribution in [3.05, 3.63) is 12.2 Å². The third kappa shape index (κ3) is 6.44. The number of aromatic nitrogens is 3. The molecule has 2 atom stereocenters. The molecule has 2 unspecified atom stereocenters. The maximum Gasteiger partial charge on any atom is 0.222 e. The standard InChI is InChI=1S/C21H37N7O/c1-3-19-26-24-16-28(19)15-12-23-21(25-18-9-5-4-8-17(18)2)22-11-7-14-27-13-6-10-20(27)29/h16-18H,3-15H2,1-2H3,(H2,22,23,25). The average molecular weight is 404 g/mol. The Hall–Kier alpha value is -2.12. The molecule has 0 bridgehead atoms. The van der Waals surface area contributed by atoms with Gasteiger partial charge in [0.2, 0.25) is 5.91 Å². The number of likely N-dealkylation sites (tertiary alicyclic amines) is 1. The fraction of sp³-hybridized carbons (Fsp3) is 0.810. The minimum atomic E-state index is 0.294. The Labute approximate surface area is 174 Å². The molecular weight excluding hydrogens is 366 g/mol. The Morgan fingerprint density at radius 3 is 2.90 bits per heavy atom. The van der Waals surface area contributed by atoms with Crippen LogP contribution in [0.3, 0.4) is 0 Å². The monoisotopic (exact) mass is 403 g/mol. The van der Waals surface area contributed by atoms with Crippen molar-refractivity contribution in [1.29, 1.82) is 0 Å². The summed E-state index contributed by atoms with van der Waals surface area (Å²) in [6.07, 6.45) is 10.4. The third-order valence-corrected chi connectivity index (χ3v) is 6.12. The number of rotatable bonds is 9. The highest BCUT2D eigenvalue weighted by Gasteiger charge is 2.22. The zero-order chi connectivity index (χ0) is 20.5. The van der Waals surface area contributed by atoms with E-state index >= 15 is 0 Å². The van der Waals surface area contributed by atoms with Crippen molar-refractivity contribution in [2.45, 2.75) is 77.8 Å². The average Bonchev–Trinajstić information content (AvgIpc) is 3.35. The Balaban J connectivity index is 1.51. The lowest BCUT2D eigenvalue weighted by Crippen LogP contribution is -2.48. The number of hydrogen-bond donors (Lipinski definition) is 2. The first-order valence-electron chi connectivity index (χ1n) is 11.4. The quantitative estimate of drug-likeness (QED) is 0.374. The molecule has 1 aliphatic heterocycles. The number of aliphatic imine (C=N–C) groups is 1. The van der Waals surface area contributed by atoms with Gasteiger partial charge in [-0.1, -0.05) is 26.7 Å². The van der Waals surface area contributed by atoms with Crippen molar-refractivity contribution in [2.24, 2.45) is 10.9 Å². The van der Waals surface area contributed by atoms with Crippen molar-refractivity contribution in [3.63, 3.8) is 0 Å². The molecule has 0 radical (unpaired) electrons. The largest absolute Gasteiger partial charge is 0.355 e. The second-order valence-electron chi connectivity index (χ2n) is 8.30. The molecule has 3 rings (SSSR count). The number of amides is 1. The van der Waals surface area contributed by atoms with Crippen LogP contribution in [-0.2, 0) is 17.8 Å². The lowest BCUT2D eigenvalue weighted by atomic mass is 9.86. The van der Waals surface area contributed by atoms with Crippen LogP contribution in [0, 0.1) is 5.92 Å². The number of nitrogens with zero attached hydrogens (tertiary/aromatic N) is 5.